The predicted octanol–water partition coefficient (Wildman–Crippen LogP) is -0.144. The minimum Gasteiger partial charge on any atom is -0.367 e. The molecule has 3 rings (SSSR count). The van der Waals surface area contributed by atoms with Crippen LogP contribution in [0, 0.1) is 0 Å². The van der Waals surface area contributed by atoms with Crippen molar-refractivity contribution in [2.45, 2.75) is 31.4 Å². The number of carbonyl (C=O) groups excluding carboxylic acids is 1. The van der Waals surface area contributed by atoms with E-state index in [-0.39, 0.29) is 18.5 Å². The molecule has 0 aliphatic carbocycles. The maximum atomic E-state index is 11.0. The first-order valence-electron chi connectivity index (χ1n) is 6.15. The number of amides is 1. The van der Waals surface area contributed by atoms with Crippen molar-refractivity contribution in [3.8, 4) is 0 Å². The molecule has 2 saturated heterocycles. The van der Waals surface area contributed by atoms with Crippen LogP contribution in [0.4, 0.5) is 0 Å². The average molecular weight is 252 g/mol. The maximum absolute atomic E-state index is 11.0. The predicted molar refractivity (Wildman–Crippen MR) is 60.6 cm³/mol. The zero-order valence-corrected chi connectivity index (χ0v) is 10.2. The van der Waals surface area contributed by atoms with Crippen molar-refractivity contribution in [2.24, 2.45) is 0 Å². The van der Waals surface area contributed by atoms with Crippen LogP contribution in [0.2, 0.25) is 0 Å². The van der Waals surface area contributed by atoms with E-state index in [1.54, 1.807) is 0 Å². The lowest BCUT2D eigenvalue weighted by atomic mass is 10.0. The fourth-order valence-corrected chi connectivity index (χ4v) is 2.29. The number of nitrogens with one attached hydrogen (secondary N) is 2. The highest BCUT2D eigenvalue weighted by molar-refractivity contribution is 5.78. The van der Waals surface area contributed by atoms with Gasteiger partial charge >= 0.3 is 0 Å². The second kappa shape index (κ2) is 4.33. The molecule has 2 aliphatic rings. The van der Waals surface area contributed by atoms with Gasteiger partial charge in [-0.05, 0) is 19.8 Å². The molecule has 1 aromatic heterocycles. The smallest absolute Gasteiger partial charge is 0.245 e. The van der Waals surface area contributed by atoms with E-state index in [4.69, 9.17) is 9.26 Å². The SMILES string of the molecule is CC1(c2noc(C3CNC(=O)CN3)n2)CCCO1. The van der Waals surface area contributed by atoms with Crippen LogP contribution in [0.3, 0.4) is 0 Å². The Kier molecular flexibility index (Phi) is 2.79. The molecule has 2 atom stereocenters. The number of aromatic nitrogens is 2. The Morgan fingerprint density at radius 2 is 2.39 bits per heavy atom. The van der Waals surface area contributed by atoms with Gasteiger partial charge in [-0.3, -0.25) is 10.1 Å². The second-order valence-corrected chi connectivity index (χ2v) is 4.88. The molecule has 0 aromatic carbocycles. The van der Waals surface area contributed by atoms with Gasteiger partial charge in [0.15, 0.2) is 0 Å². The van der Waals surface area contributed by atoms with Gasteiger partial charge in [0.25, 0.3) is 0 Å². The van der Waals surface area contributed by atoms with Crippen LogP contribution in [-0.4, -0.2) is 35.7 Å². The highest BCUT2D eigenvalue weighted by atomic mass is 16.5. The molecule has 0 saturated carbocycles. The Hall–Kier alpha value is -1.47. The number of nitrogens with zero attached hydrogens (tertiary/aromatic N) is 2. The molecule has 0 spiro atoms. The highest BCUT2D eigenvalue weighted by Gasteiger charge is 2.37. The van der Waals surface area contributed by atoms with Gasteiger partial charge in [-0.1, -0.05) is 5.16 Å². The van der Waals surface area contributed by atoms with Crippen LogP contribution in [0.1, 0.15) is 37.5 Å². The van der Waals surface area contributed by atoms with Crippen molar-refractivity contribution in [3.05, 3.63) is 11.7 Å². The second-order valence-electron chi connectivity index (χ2n) is 4.88. The topological polar surface area (TPSA) is 89.3 Å². The van der Waals surface area contributed by atoms with E-state index in [0.717, 1.165) is 19.4 Å². The van der Waals surface area contributed by atoms with Gasteiger partial charge < -0.3 is 14.6 Å². The lowest BCUT2D eigenvalue weighted by Crippen LogP contribution is -2.47. The summed E-state index contributed by atoms with van der Waals surface area (Å²) < 4.78 is 10.9. The van der Waals surface area contributed by atoms with Crippen LogP contribution in [0.15, 0.2) is 4.52 Å². The molecule has 7 heteroatoms. The van der Waals surface area contributed by atoms with E-state index in [9.17, 15) is 4.79 Å². The number of piperazine rings is 1. The Labute approximate surface area is 104 Å². The van der Waals surface area contributed by atoms with E-state index < -0.39 is 5.60 Å². The summed E-state index contributed by atoms with van der Waals surface area (Å²) in [5.41, 5.74) is -0.431. The van der Waals surface area contributed by atoms with Crippen LogP contribution in [-0.2, 0) is 15.1 Å². The molecule has 2 fully saturated rings. The fraction of sp³-hybridized carbons (Fsp3) is 0.727. The van der Waals surface area contributed by atoms with Gasteiger partial charge in [0.05, 0.1) is 6.54 Å². The van der Waals surface area contributed by atoms with Gasteiger partial charge in [-0.15, -0.1) is 0 Å². The summed E-state index contributed by atoms with van der Waals surface area (Å²) >= 11 is 0. The summed E-state index contributed by atoms with van der Waals surface area (Å²) in [5.74, 6) is 1.08. The van der Waals surface area contributed by atoms with Crippen LogP contribution >= 0.6 is 0 Å². The molecule has 98 valence electrons. The van der Waals surface area contributed by atoms with Gasteiger partial charge in [0.2, 0.25) is 17.6 Å². The first-order valence-corrected chi connectivity index (χ1v) is 6.15. The molecule has 1 aromatic rings. The zero-order chi connectivity index (χ0) is 12.6. The molecule has 18 heavy (non-hydrogen) atoms. The first kappa shape index (κ1) is 11.6. The Morgan fingerprint density at radius 1 is 1.50 bits per heavy atom. The molecular formula is C11H16N4O3. The van der Waals surface area contributed by atoms with Crippen molar-refractivity contribution in [1.29, 1.82) is 0 Å². The molecule has 0 bridgehead atoms. The van der Waals surface area contributed by atoms with E-state index >= 15 is 0 Å². The minimum atomic E-state index is -0.431. The minimum absolute atomic E-state index is 0.0166. The van der Waals surface area contributed by atoms with Gasteiger partial charge in [-0.2, -0.15) is 4.98 Å². The summed E-state index contributed by atoms with van der Waals surface area (Å²) in [6.07, 6.45) is 1.92. The first-order chi connectivity index (χ1) is 8.67. The molecule has 2 aliphatic heterocycles. The lowest BCUT2D eigenvalue weighted by molar-refractivity contribution is -0.121. The highest BCUT2D eigenvalue weighted by Crippen LogP contribution is 2.34. The quantitative estimate of drug-likeness (QED) is 0.761. The molecule has 2 unspecified atom stereocenters. The third-order valence-electron chi connectivity index (χ3n) is 3.44. The number of hydrogen-bond acceptors (Lipinski definition) is 6. The van der Waals surface area contributed by atoms with Crippen molar-refractivity contribution < 1.29 is 14.1 Å². The van der Waals surface area contributed by atoms with Crippen LogP contribution < -0.4 is 10.6 Å². The number of rotatable bonds is 2. The normalized spacial score (nSPS) is 32.5. The average Bonchev–Trinajstić information content (AvgIpc) is 2.99. The molecule has 3 heterocycles. The number of carbonyl (C=O) groups is 1. The van der Waals surface area contributed by atoms with E-state index in [1.807, 2.05) is 6.92 Å². The van der Waals surface area contributed by atoms with Crippen molar-refractivity contribution >= 4 is 5.91 Å². The fourth-order valence-electron chi connectivity index (χ4n) is 2.29. The van der Waals surface area contributed by atoms with E-state index in [1.165, 1.54) is 0 Å². The summed E-state index contributed by atoms with van der Waals surface area (Å²) in [5, 5.41) is 9.81. The Bertz CT molecular complexity index is 443. The lowest BCUT2D eigenvalue weighted by Gasteiger charge is -2.21. The molecule has 7 nitrogen and oxygen atoms in total. The van der Waals surface area contributed by atoms with Gasteiger partial charge in [0, 0.05) is 13.2 Å². The maximum Gasteiger partial charge on any atom is 0.245 e. The molecule has 2 N–H and O–H groups in total. The monoisotopic (exact) mass is 252 g/mol. The zero-order valence-electron chi connectivity index (χ0n) is 10.2. The standard InChI is InChI=1S/C11H16N4O3/c1-11(3-2-4-17-11)10-14-9(18-15-10)7-5-13-8(16)6-12-7/h7,12H,2-6H2,1H3,(H,13,16). The van der Waals surface area contributed by atoms with Crippen molar-refractivity contribution in [2.75, 3.05) is 19.7 Å². The third-order valence-corrected chi connectivity index (χ3v) is 3.44. The summed E-state index contributed by atoms with van der Waals surface area (Å²) in [6, 6.07) is -0.117. The van der Waals surface area contributed by atoms with E-state index in [0.29, 0.717) is 18.3 Å². The van der Waals surface area contributed by atoms with Crippen LogP contribution in [0.25, 0.3) is 0 Å². The molecule has 0 radical (unpaired) electrons. The molecular weight excluding hydrogens is 236 g/mol. The third kappa shape index (κ3) is 1.99. The van der Waals surface area contributed by atoms with Gasteiger partial charge in [-0.25, -0.2) is 0 Å². The Morgan fingerprint density at radius 3 is 3.06 bits per heavy atom. The summed E-state index contributed by atoms with van der Waals surface area (Å²) in [7, 11) is 0. The number of hydrogen-bond donors (Lipinski definition) is 2. The van der Waals surface area contributed by atoms with Gasteiger partial charge in [0.1, 0.15) is 11.6 Å². The van der Waals surface area contributed by atoms with Crippen molar-refractivity contribution in [1.82, 2.24) is 20.8 Å². The Balaban J connectivity index is 1.75. The number of ether oxygens (including phenoxy) is 1. The largest absolute Gasteiger partial charge is 0.367 e. The molecule has 1 amide bonds. The van der Waals surface area contributed by atoms with E-state index in [2.05, 4.69) is 20.8 Å². The summed E-state index contributed by atoms with van der Waals surface area (Å²) in [4.78, 5) is 15.4. The summed E-state index contributed by atoms with van der Waals surface area (Å²) in [6.45, 7) is 3.46. The van der Waals surface area contributed by atoms with Crippen molar-refractivity contribution in [3.63, 3.8) is 0 Å². The van der Waals surface area contributed by atoms with Crippen LogP contribution in [0.5, 0.6) is 0 Å².